The Bertz CT molecular complexity index is 2160. The summed E-state index contributed by atoms with van der Waals surface area (Å²) in [6.45, 7) is 3.57. The van der Waals surface area contributed by atoms with Crippen LogP contribution in [0.3, 0.4) is 0 Å². The van der Waals surface area contributed by atoms with Gasteiger partial charge in [-0.3, -0.25) is 9.59 Å². The largest absolute Gasteiger partial charge is 0.493 e. The zero-order valence-electron chi connectivity index (χ0n) is 41.3. The van der Waals surface area contributed by atoms with Crippen molar-refractivity contribution in [1.29, 1.82) is 0 Å². The van der Waals surface area contributed by atoms with Crippen LogP contribution in [0.25, 0.3) is 0 Å². The molecule has 2 aliphatic heterocycles. The Morgan fingerprint density at radius 2 is 0.806 bits per heavy atom. The van der Waals surface area contributed by atoms with Crippen LogP contribution >= 0.6 is 0 Å². The second-order valence-corrected chi connectivity index (χ2v) is 18.0. The second-order valence-electron chi connectivity index (χ2n) is 18.0. The third-order valence-corrected chi connectivity index (χ3v) is 14.0. The fourth-order valence-corrected chi connectivity index (χ4v) is 9.91. The summed E-state index contributed by atoms with van der Waals surface area (Å²) < 4.78 is 57.8. The summed E-state index contributed by atoms with van der Waals surface area (Å²) in [5.41, 5.74) is 7.00. The van der Waals surface area contributed by atoms with Crippen LogP contribution < -0.4 is 37.9 Å². The van der Waals surface area contributed by atoms with Gasteiger partial charge in [0, 0.05) is 36.8 Å². The Labute approximate surface area is 397 Å². The average molecular weight is 929 g/mol. The Morgan fingerprint density at radius 1 is 0.463 bits per heavy atom. The van der Waals surface area contributed by atoms with E-state index in [1.54, 1.807) is 56.9 Å². The van der Waals surface area contributed by atoms with E-state index in [0.717, 1.165) is 56.3 Å². The van der Waals surface area contributed by atoms with Crippen LogP contribution in [-0.4, -0.2) is 131 Å². The number of unbranched alkanes of at least 4 members (excludes halogenated alkanes) is 2. The maximum absolute atomic E-state index is 13.2. The summed E-state index contributed by atoms with van der Waals surface area (Å²) in [7, 11) is 17.6. The van der Waals surface area contributed by atoms with Crippen LogP contribution in [0.5, 0.6) is 46.0 Å². The molecule has 0 saturated carbocycles. The van der Waals surface area contributed by atoms with Crippen LogP contribution in [0.15, 0.2) is 60.7 Å². The lowest BCUT2D eigenvalue weighted by atomic mass is 9.86. The molecule has 6 rings (SSSR count). The predicted octanol–water partition coefficient (Wildman–Crippen LogP) is 8.07. The molecule has 0 radical (unpaired) electrons. The highest BCUT2D eigenvalue weighted by Crippen LogP contribution is 2.45. The first-order chi connectivity index (χ1) is 32.4. The standard InChI is InChI=1S/C53H72N2O12/c1-54(22-18-38-32-48(62-7)50(64-9)34-40(38)42(54)28-36-14-16-44(58-3)46(30-36)60-5)24-20-52(56)66-26-12-11-13-27-67-53(57)21-25-55(2)23-19-39-33-49(63-8)51(65-10)35-41(39)43(55)29-37-15-17-45(59-4)47(31-37)61-6/h14-17,30-35,42-43H,11-13,18-29H2,1-10H3/q+2/t42-,43-,54-,55-/m0/s1. The topological polar surface area (TPSA) is 126 Å². The highest BCUT2D eigenvalue weighted by Gasteiger charge is 2.42. The molecule has 0 spiro atoms. The number of likely N-dealkylation sites (N-methyl/N-ethyl adjacent to an activating group) is 2. The number of quaternary nitrogens is 2. The lowest BCUT2D eigenvalue weighted by Gasteiger charge is -2.46. The Balaban J connectivity index is 0.987. The number of fused-ring (bicyclic) bond motifs is 2. The van der Waals surface area contributed by atoms with Crippen molar-refractivity contribution in [3.8, 4) is 46.0 Å². The number of hydrogen-bond donors (Lipinski definition) is 0. The van der Waals surface area contributed by atoms with E-state index in [-0.39, 0.29) is 24.0 Å². The highest BCUT2D eigenvalue weighted by molar-refractivity contribution is 5.69. The van der Waals surface area contributed by atoms with Gasteiger partial charge in [0.2, 0.25) is 0 Å². The zero-order valence-corrected chi connectivity index (χ0v) is 41.3. The number of carbonyl (C=O) groups is 2. The molecule has 0 bridgehead atoms. The van der Waals surface area contributed by atoms with Gasteiger partial charge in [0.1, 0.15) is 12.1 Å². The number of rotatable bonds is 24. The molecule has 2 aliphatic rings. The van der Waals surface area contributed by atoms with Crippen LogP contribution in [0.2, 0.25) is 0 Å². The van der Waals surface area contributed by atoms with Crippen LogP contribution in [0.1, 0.15) is 77.6 Å². The molecular weight excluding hydrogens is 857 g/mol. The number of benzene rings is 4. The minimum atomic E-state index is -0.215. The van der Waals surface area contributed by atoms with E-state index in [0.29, 0.717) is 107 Å². The normalized spacial score (nSPS) is 19.6. The van der Waals surface area contributed by atoms with Gasteiger partial charge in [0.25, 0.3) is 0 Å². The summed E-state index contributed by atoms with van der Waals surface area (Å²) in [5.74, 6) is 5.06. The van der Waals surface area contributed by atoms with E-state index in [9.17, 15) is 9.59 Å². The first-order valence-electron chi connectivity index (χ1n) is 23.3. The first-order valence-corrected chi connectivity index (χ1v) is 23.3. The third kappa shape index (κ3) is 12.0. The summed E-state index contributed by atoms with van der Waals surface area (Å²) in [6.07, 6.45) is 5.85. The lowest BCUT2D eigenvalue weighted by Crippen LogP contribution is -2.53. The van der Waals surface area contributed by atoms with Crippen molar-refractivity contribution in [3.63, 3.8) is 0 Å². The molecule has 0 aromatic heterocycles. The molecule has 67 heavy (non-hydrogen) atoms. The Hall–Kier alpha value is -5.86. The number of nitrogens with zero attached hydrogens (tertiary/aromatic N) is 2. The van der Waals surface area contributed by atoms with Gasteiger partial charge in [-0.15, -0.1) is 0 Å². The molecule has 2 heterocycles. The molecule has 0 saturated heterocycles. The Morgan fingerprint density at radius 3 is 1.16 bits per heavy atom. The van der Waals surface area contributed by atoms with Crippen molar-refractivity contribution < 1.29 is 65.9 Å². The summed E-state index contributed by atoms with van der Waals surface area (Å²) >= 11 is 0. The number of carbonyl (C=O) groups excluding carboxylic acids is 2. The van der Waals surface area contributed by atoms with E-state index in [2.05, 4.69) is 50.5 Å². The quantitative estimate of drug-likeness (QED) is 0.0383. The van der Waals surface area contributed by atoms with E-state index >= 15 is 0 Å². The predicted molar refractivity (Wildman–Crippen MR) is 255 cm³/mol. The smallest absolute Gasteiger partial charge is 0.311 e. The number of ether oxygens (including phenoxy) is 10. The van der Waals surface area contributed by atoms with Gasteiger partial charge in [-0.25, -0.2) is 0 Å². The van der Waals surface area contributed by atoms with Gasteiger partial charge in [-0.1, -0.05) is 12.1 Å². The zero-order chi connectivity index (χ0) is 48.1. The lowest BCUT2D eigenvalue weighted by molar-refractivity contribution is -0.940. The van der Waals surface area contributed by atoms with Gasteiger partial charge >= 0.3 is 11.9 Å². The summed E-state index contributed by atoms with van der Waals surface area (Å²) in [5, 5.41) is 0. The highest BCUT2D eigenvalue weighted by atomic mass is 16.5. The number of esters is 2. The second kappa shape index (κ2) is 23.2. The SMILES string of the molecule is COc1ccc(C[C@H]2c3cc(OC)c(OC)cc3CC[N@@+]2(C)CCC(=O)OCCCCCOC(=O)CC[N@+]2(C)CCc3cc(OC)c(OC)cc3[C@@H]2Cc2ccc(OC)c(OC)c2)cc1OC. The molecule has 0 N–H and O–H groups in total. The molecule has 14 nitrogen and oxygen atoms in total. The average Bonchev–Trinajstić information content (AvgIpc) is 3.35. The molecule has 0 unspecified atom stereocenters. The van der Waals surface area contributed by atoms with Crippen molar-refractivity contribution >= 4 is 11.9 Å². The molecular formula is C53H72N2O12+2. The van der Waals surface area contributed by atoms with Gasteiger partial charge in [0.05, 0.1) is 123 Å². The molecule has 4 aromatic carbocycles. The van der Waals surface area contributed by atoms with Crippen molar-refractivity contribution in [3.05, 3.63) is 94.0 Å². The molecule has 4 atom stereocenters. The maximum Gasteiger partial charge on any atom is 0.311 e. The minimum absolute atomic E-state index is 0.0393. The van der Waals surface area contributed by atoms with Gasteiger partial charge < -0.3 is 56.3 Å². The van der Waals surface area contributed by atoms with Gasteiger partial charge in [0.15, 0.2) is 46.0 Å². The summed E-state index contributed by atoms with van der Waals surface area (Å²) in [6, 6.07) is 20.5. The van der Waals surface area contributed by atoms with Crippen molar-refractivity contribution in [2.24, 2.45) is 0 Å². The van der Waals surface area contributed by atoms with E-state index in [4.69, 9.17) is 47.4 Å². The van der Waals surface area contributed by atoms with E-state index in [1.807, 2.05) is 24.3 Å². The van der Waals surface area contributed by atoms with Crippen LogP contribution in [0, 0.1) is 0 Å². The molecule has 14 heteroatoms. The van der Waals surface area contributed by atoms with Crippen molar-refractivity contribution in [1.82, 2.24) is 0 Å². The monoisotopic (exact) mass is 929 g/mol. The molecule has 0 amide bonds. The third-order valence-electron chi connectivity index (χ3n) is 14.0. The van der Waals surface area contributed by atoms with Crippen LogP contribution in [0.4, 0.5) is 0 Å². The number of hydrogen-bond acceptors (Lipinski definition) is 12. The molecule has 0 aliphatic carbocycles. The van der Waals surface area contributed by atoms with Gasteiger partial charge in [-0.05, 0) is 90.0 Å². The number of methoxy groups -OCH3 is 8. The first kappa shape index (κ1) is 50.6. The van der Waals surface area contributed by atoms with Gasteiger partial charge in [-0.2, -0.15) is 0 Å². The minimum Gasteiger partial charge on any atom is -0.493 e. The van der Waals surface area contributed by atoms with E-state index in [1.165, 1.54) is 22.3 Å². The Kier molecular flexibility index (Phi) is 17.5. The van der Waals surface area contributed by atoms with Crippen LogP contribution in [-0.2, 0) is 44.7 Å². The summed E-state index contributed by atoms with van der Waals surface area (Å²) in [4.78, 5) is 26.4. The van der Waals surface area contributed by atoms with Crippen molar-refractivity contribution in [2.75, 3.05) is 110 Å². The van der Waals surface area contributed by atoms with E-state index < -0.39 is 0 Å². The maximum atomic E-state index is 13.2. The molecule has 0 fully saturated rings. The fraction of sp³-hybridized carbons (Fsp3) is 0.509. The molecule has 4 aromatic rings. The van der Waals surface area contributed by atoms with Crippen molar-refractivity contribution in [2.45, 2.75) is 69.9 Å². The fourth-order valence-electron chi connectivity index (χ4n) is 9.91. The molecule has 364 valence electrons.